The van der Waals surface area contributed by atoms with E-state index in [1.54, 1.807) is 13.2 Å². The third kappa shape index (κ3) is 5.13. The van der Waals surface area contributed by atoms with Crippen LogP contribution in [0.5, 0.6) is 11.5 Å². The van der Waals surface area contributed by atoms with E-state index in [-0.39, 0.29) is 42.0 Å². The fourth-order valence-corrected chi connectivity index (χ4v) is 3.63. The van der Waals surface area contributed by atoms with Gasteiger partial charge < -0.3 is 15.2 Å². The van der Waals surface area contributed by atoms with Crippen LogP contribution in [-0.2, 0) is 0 Å². The summed E-state index contributed by atoms with van der Waals surface area (Å²) in [7, 11) is 1.59. The van der Waals surface area contributed by atoms with Gasteiger partial charge in [0.2, 0.25) is 0 Å². The van der Waals surface area contributed by atoms with Crippen molar-refractivity contribution in [3.63, 3.8) is 0 Å². The number of ether oxygens (including phenoxy) is 1. The van der Waals surface area contributed by atoms with Gasteiger partial charge in [-0.25, -0.2) is 0 Å². The molecule has 1 aromatic rings. The van der Waals surface area contributed by atoms with E-state index in [1.165, 1.54) is 0 Å². The number of nitrogens with one attached hydrogen (secondary N) is 1. The van der Waals surface area contributed by atoms with Crippen LogP contribution in [-0.4, -0.2) is 43.3 Å². The first kappa shape index (κ1) is 22.8. The van der Waals surface area contributed by atoms with Crippen LogP contribution >= 0.6 is 40.7 Å². The van der Waals surface area contributed by atoms with Gasteiger partial charge in [-0.05, 0) is 17.5 Å². The molecule has 2 rings (SSSR count). The molecule has 23 heavy (non-hydrogen) atoms. The fourth-order valence-electron chi connectivity index (χ4n) is 3.09. The summed E-state index contributed by atoms with van der Waals surface area (Å²) in [6, 6.07) is 3.87. The summed E-state index contributed by atoms with van der Waals surface area (Å²) < 4.78 is 6.22. The van der Waals surface area contributed by atoms with E-state index >= 15 is 0 Å². The van der Waals surface area contributed by atoms with Gasteiger partial charge in [0.25, 0.3) is 0 Å². The lowest BCUT2D eigenvalue weighted by molar-refractivity contribution is 0.0834. The summed E-state index contributed by atoms with van der Waals surface area (Å²) in [5.74, 6) is 0.767. The number of phenolic OH excluding ortho intramolecular Hbond substituents is 1. The van der Waals surface area contributed by atoms with E-state index in [4.69, 9.17) is 4.74 Å². The van der Waals surface area contributed by atoms with Gasteiger partial charge in [-0.3, -0.25) is 4.90 Å². The van der Waals surface area contributed by atoms with Crippen molar-refractivity contribution in [2.24, 2.45) is 5.41 Å². The number of hydrogen-bond donors (Lipinski definition) is 2. The van der Waals surface area contributed by atoms with Crippen LogP contribution < -0.4 is 10.1 Å². The smallest absolute Gasteiger partial charge is 0.163 e. The van der Waals surface area contributed by atoms with E-state index in [0.29, 0.717) is 5.75 Å². The molecule has 1 heterocycles. The van der Waals surface area contributed by atoms with Crippen LogP contribution in [0.1, 0.15) is 32.4 Å². The summed E-state index contributed by atoms with van der Waals surface area (Å²) in [5, 5.41) is 14.0. The highest BCUT2D eigenvalue weighted by Crippen LogP contribution is 2.47. The zero-order valence-electron chi connectivity index (χ0n) is 14.1. The number of hydrogen-bond acceptors (Lipinski definition) is 4. The minimum atomic E-state index is 0. The second-order valence-corrected chi connectivity index (χ2v) is 7.42. The topological polar surface area (TPSA) is 44.7 Å². The van der Waals surface area contributed by atoms with Crippen LogP contribution in [0.25, 0.3) is 0 Å². The van der Waals surface area contributed by atoms with Crippen molar-refractivity contribution in [2.45, 2.75) is 26.8 Å². The highest BCUT2D eigenvalue weighted by molar-refractivity contribution is 9.10. The Labute approximate surface area is 159 Å². The first-order valence-electron chi connectivity index (χ1n) is 7.36. The number of benzene rings is 1. The Balaban J connectivity index is 0.00000242. The summed E-state index contributed by atoms with van der Waals surface area (Å²) in [6.07, 6.45) is 0. The number of phenols is 1. The molecule has 1 atom stereocenters. The molecule has 0 bridgehead atoms. The highest BCUT2D eigenvalue weighted by atomic mass is 79.9. The van der Waals surface area contributed by atoms with Crippen LogP contribution in [0.15, 0.2) is 16.6 Å². The molecule has 1 saturated heterocycles. The van der Waals surface area contributed by atoms with E-state index in [9.17, 15) is 5.11 Å². The predicted molar refractivity (Wildman–Crippen MR) is 103 cm³/mol. The van der Waals surface area contributed by atoms with Crippen LogP contribution in [0.3, 0.4) is 0 Å². The molecule has 0 aromatic heterocycles. The van der Waals surface area contributed by atoms with Crippen LogP contribution in [0.4, 0.5) is 0 Å². The Hall–Kier alpha value is -0.200. The number of methoxy groups -OCH3 is 1. The zero-order chi connectivity index (χ0) is 15.6. The minimum absolute atomic E-state index is 0. The van der Waals surface area contributed by atoms with Gasteiger partial charge in [0.05, 0.1) is 7.11 Å². The standard InChI is InChI=1S/C16H25BrN2O2.2ClH/c1-16(2,3)15(19-9-7-18-8-10-19)13-11(17)5-6-12(21-4)14(13)20;;/h5-6,15,18,20H,7-10H2,1-4H3;2*1H/t15-;;/m0../s1. The van der Waals surface area contributed by atoms with Crippen molar-refractivity contribution >= 4 is 40.7 Å². The van der Waals surface area contributed by atoms with Crippen molar-refractivity contribution in [3.8, 4) is 11.5 Å². The third-order valence-corrected chi connectivity index (χ3v) is 4.65. The Morgan fingerprint density at radius 2 is 1.78 bits per heavy atom. The molecule has 7 heteroatoms. The van der Waals surface area contributed by atoms with Gasteiger partial charge in [0.1, 0.15) is 0 Å². The number of rotatable bonds is 3. The van der Waals surface area contributed by atoms with Gasteiger partial charge in [-0.15, -0.1) is 24.8 Å². The molecular weight excluding hydrogens is 403 g/mol. The van der Waals surface area contributed by atoms with E-state index in [2.05, 4.69) is 46.9 Å². The highest BCUT2D eigenvalue weighted by Gasteiger charge is 2.36. The summed E-state index contributed by atoms with van der Waals surface area (Å²) in [5.41, 5.74) is 0.924. The van der Waals surface area contributed by atoms with Crippen molar-refractivity contribution in [1.29, 1.82) is 0 Å². The van der Waals surface area contributed by atoms with Gasteiger partial charge >= 0.3 is 0 Å². The average Bonchev–Trinajstić information content (AvgIpc) is 2.43. The van der Waals surface area contributed by atoms with Crippen molar-refractivity contribution in [1.82, 2.24) is 10.2 Å². The molecule has 2 N–H and O–H groups in total. The second kappa shape index (κ2) is 9.33. The molecule has 0 radical (unpaired) electrons. The van der Waals surface area contributed by atoms with Gasteiger partial charge in [0.15, 0.2) is 11.5 Å². The molecule has 134 valence electrons. The summed E-state index contributed by atoms with van der Waals surface area (Å²) >= 11 is 3.61. The fraction of sp³-hybridized carbons (Fsp3) is 0.625. The van der Waals surface area contributed by atoms with Crippen molar-refractivity contribution in [3.05, 3.63) is 22.2 Å². The minimum Gasteiger partial charge on any atom is -0.504 e. The summed E-state index contributed by atoms with van der Waals surface area (Å²) in [6.45, 7) is 10.6. The van der Waals surface area contributed by atoms with Crippen molar-refractivity contribution in [2.75, 3.05) is 33.3 Å². The number of aromatic hydroxyl groups is 1. The van der Waals surface area contributed by atoms with E-state index < -0.39 is 0 Å². The average molecular weight is 430 g/mol. The first-order chi connectivity index (χ1) is 9.86. The molecule has 0 saturated carbocycles. The zero-order valence-corrected chi connectivity index (χ0v) is 17.3. The molecule has 1 aliphatic heterocycles. The maximum Gasteiger partial charge on any atom is 0.163 e. The van der Waals surface area contributed by atoms with Gasteiger partial charge in [-0.2, -0.15) is 0 Å². The molecule has 4 nitrogen and oxygen atoms in total. The van der Waals surface area contributed by atoms with E-state index in [1.807, 2.05) is 6.07 Å². The lowest BCUT2D eigenvalue weighted by atomic mass is 9.80. The molecule has 0 amide bonds. The van der Waals surface area contributed by atoms with E-state index in [0.717, 1.165) is 36.2 Å². The molecule has 1 fully saturated rings. The first-order valence-corrected chi connectivity index (χ1v) is 8.15. The van der Waals surface area contributed by atoms with Gasteiger partial charge in [0, 0.05) is 42.3 Å². The third-order valence-electron chi connectivity index (χ3n) is 3.96. The van der Waals surface area contributed by atoms with Crippen LogP contribution in [0, 0.1) is 5.41 Å². The Kier molecular flexibility index (Phi) is 9.25. The Bertz CT molecular complexity index is 504. The predicted octanol–water partition coefficient (Wildman–Crippen LogP) is 4.00. The number of halogens is 3. The number of nitrogens with zero attached hydrogens (tertiary/aromatic N) is 1. The molecule has 0 spiro atoms. The molecule has 1 aromatic carbocycles. The molecular formula is C16H27BrCl2N2O2. The maximum absolute atomic E-state index is 10.6. The molecule has 0 unspecified atom stereocenters. The Morgan fingerprint density at radius 3 is 2.26 bits per heavy atom. The quantitative estimate of drug-likeness (QED) is 0.762. The molecule has 1 aliphatic rings. The SMILES string of the molecule is COc1ccc(Br)c([C@H](N2CCNCC2)C(C)(C)C)c1O.Cl.Cl. The lowest BCUT2D eigenvalue weighted by Gasteiger charge is -2.43. The van der Waals surface area contributed by atoms with Crippen molar-refractivity contribution < 1.29 is 9.84 Å². The second-order valence-electron chi connectivity index (χ2n) is 6.57. The lowest BCUT2D eigenvalue weighted by Crippen LogP contribution is -2.48. The normalized spacial score (nSPS) is 16.9. The Morgan fingerprint density at radius 1 is 1.22 bits per heavy atom. The molecule has 0 aliphatic carbocycles. The summed E-state index contributed by atoms with van der Waals surface area (Å²) in [4.78, 5) is 2.44. The van der Waals surface area contributed by atoms with Gasteiger partial charge in [-0.1, -0.05) is 36.7 Å². The van der Waals surface area contributed by atoms with Crippen LogP contribution in [0.2, 0.25) is 0 Å². The maximum atomic E-state index is 10.6. The monoisotopic (exact) mass is 428 g/mol. The largest absolute Gasteiger partial charge is 0.504 e. The number of piperazine rings is 1.